The highest BCUT2D eigenvalue weighted by Crippen LogP contribution is 2.25. The minimum absolute atomic E-state index is 0. The summed E-state index contributed by atoms with van der Waals surface area (Å²) in [5.41, 5.74) is 2.06. The summed E-state index contributed by atoms with van der Waals surface area (Å²) in [6, 6.07) is 2.00. The first-order valence-corrected chi connectivity index (χ1v) is 3.83. The van der Waals surface area contributed by atoms with E-state index in [9.17, 15) is 0 Å². The van der Waals surface area contributed by atoms with Gasteiger partial charge in [0, 0.05) is 19.8 Å². The van der Waals surface area contributed by atoms with E-state index in [1.165, 1.54) is 0 Å². The Hall–Kier alpha value is -0.900. The lowest BCUT2D eigenvalue weighted by molar-refractivity contribution is 0.413. The zero-order valence-corrected chi connectivity index (χ0v) is 9.46. The van der Waals surface area contributed by atoms with Gasteiger partial charge in [-0.05, 0) is 13.0 Å². The van der Waals surface area contributed by atoms with E-state index in [4.69, 9.17) is 4.74 Å². The highest BCUT2D eigenvalue weighted by Gasteiger charge is 2.04. The molecule has 0 spiro atoms. The van der Waals surface area contributed by atoms with Gasteiger partial charge in [-0.1, -0.05) is 0 Å². The molecule has 0 saturated carbocycles. The third-order valence-corrected chi connectivity index (χ3v) is 1.69. The van der Waals surface area contributed by atoms with Crippen LogP contribution >= 0.6 is 13.5 Å². The minimum Gasteiger partial charge on any atom is -0.493 e. The van der Waals surface area contributed by atoms with Crippen LogP contribution in [0.1, 0.15) is 5.69 Å². The summed E-state index contributed by atoms with van der Waals surface area (Å²) in [6.07, 6.45) is 1.74. The number of rotatable bonds is 2. The first-order chi connectivity index (χ1) is 5.65. The molecule has 0 fully saturated rings. The van der Waals surface area contributed by atoms with Gasteiger partial charge in [-0.15, -0.1) is 0 Å². The number of ether oxygens (including phenoxy) is 1. The van der Waals surface area contributed by atoms with Crippen LogP contribution in [0.5, 0.6) is 5.75 Å². The molecule has 0 N–H and O–H groups in total. The van der Waals surface area contributed by atoms with E-state index in [2.05, 4.69) is 4.98 Å². The summed E-state index contributed by atoms with van der Waals surface area (Å²) < 4.78 is 5.16. The Bertz CT molecular complexity index is 276. The van der Waals surface area contributed by atoms with Gasteiger partial charge in [0.15, 0.2) is 5.75 Å². The van der Waals surface area contributed by atoms with Crippen molar-refractivity contribution in [1.82, 2.24) is 4.98 Å². The second kappa shape index (κ2) is 4.97. The van der Waals surface area contributed by atoms with Crippen LogP contribution in [-0.2, 0) is 0 Å². The number of aromatic nitrogens is 1. The van der Waals surface area contributed by atoms with Gasteiger partial charge in [0.25, 0.3) is 0 Å². The van der Waals surface area contributed by atoms with E-state index in [-0.39, 0.29) is 13.5 Å². The Balaban J connectivity index is 0.00000144. The van der Waals surface area contributed by atoms with E-state index in [0.717, 1.165) is 17.1 Å². The smallest absolute Gasteiger partial charge is 0.160 e. The number of pyridine rings is 1. The van der Waals surface area contributed by atoms with E-state index >= 15 is 0 Å². The van der Waals surface area contributed by atoms with Crippen molar-refractivity contribution in [3.8, 4) is 5.75 Å². The van der Waals surface area contributed by atoms with Gasteiger partial charge >= 0.3 is 0 Å². The van der Waals surface area contributed by atoms with E-state index in [1.54, 1.807) is 13.3 Å². The van der Waals surface area contributed by atoms with Crippen LogP contribution < -0.4 is 9.64 Å². The van der Waals surface area contributed by atoms with Gasteiger partial charge in [-0.3, -0.25) is 4.98 Å². The van der Waals surface area contributed by atoms with Gasteiger partial charge in [0.2, 0.25) is 0 Å². The lowest BCUT2D eigenvalue weighted by atomic mass is 10.3. The Kier molecular flexibility index (Phi) is 4.62. The average molecular weight is 200 g/mol. The molecule has 0 amide bonds. The van der Waals surface area contributed by atoms with Crippen molar-refractivity contribution in [2.45, 2.75) is 6.92 Å². The standard InChI is InChI=1S/C9H14N2O.H2S/c1-7-5-8(11(2)3)9(12-4)6-10-7;/h5-6H,1-4H3;1H2. The van der Waals surface area contributed by atoms with Gasteiger partial charge < -0.3 is 9.64 Å². The summed E-state index contributed by atoms with van der Waals surface area (Å²) in [7, 11) is 5.62. The third-order valence-electron chi connectivity index (χ3n) is 1.69. The Morgan fingerprint density at radius 3 is 2.46 bits per heavy atom. The maximum absolute atomic E-state index is 5.16. The highest BCUT2D eigenvalue weighted by atomic mass is 32.1. The van der Waals surface area contributed by atoms with Crippen molar-refractivity contribution >= 4 is 19.2 Å². The largest absolute Gasteiger partial charge is 0.493 e. The molecule has 0 aliphatic heterocycles. The summed E-state index contributed by atoms with van der Waals surface area (Å²) in [4.78, 5) is 6.15. The lowest BCUT2D eigenvalue weighted by Crippen LogP contribution is -2.10. The topological polar surface area (TPSA) is 25.4 Å². The van der Waals surface area contributed by atoms with Crippen LogP contribution in [0.15, 0.2) is 12.3 Å². The molecular formula is C9H16N2OS. The van der Waals surface area contributed by atoms with Gasteiger partial charge in [0.1, 0.15) is 0 Å². The minimum atomic E-state index is 0. The molecule has 0 bridgehead atoms. The number of methoxy groups -OCH3 is 1. The number of hydrogen-bond acceptors (Lipinski definition) is 3. The fraction of sp³-hybridized carbons (Fsp3) is 0.444. The van der Waals surface area contributed by atoms with Crippen LogP contribution in [0.3, 0.4) is 0 Å². The molecule has 0 aromatic carbocycles. The van der Waals surface area contributed by atoms with Crippen molar-refractivity contribution in [2.24, 2.45) is 0 Å². The third kappa shape index (κ3) is 2.81. The zero-order valence-electron chi connectivity index (χ0n) is 8.46. The molecule has 3 nitrogen and oxygen atoms in total. The summed E-state index contributed by atoms with van der Waals surface area (Å²) in [5, 5.41) is 0. The van der Waals surface area contributed by atoms with Crippen molar-refractivity contribution in [3.05, 3.63) is 18.0 Å². The summed E-state index contributed by atoms with van der Waals surface area (Å²) in [6.45, 7) is 1.96. The summed E-state index contributed by atoms with van der Waals surface area (Å²) >= 11 is 0. The Morgan fingerprint density at radius 2 is 2.00 bits per heavy atom. The van der Waals surface area contributed by atoms with Crippen molar-refractivity contribution in [3.63, 3.8) is 0 Å². The predicted molar refractivity (Wildman–Crippen MR) is 60.2 cm³/mol. The summed E-state index contributed by atoms with van der Waals surface area (Å²) in [5.74, 6) is 0.811. The van der Waals surface area contributed by atoms with Crippen molar-refractivity contribution in [1.29, 1.82) is 0 Å². The molecule has 0 atom stereocenters. The monoisotopic (exact) mass is 200 g/mol. The van der Waals surface area contributed by atoms with Crippen LogP contribution in [0, 0.1) is 6.92 Å². The molecule has 0 radical (unpaired) electrons. The lowest BCUT2D eigenvalue weighted by Gasteiger charge is -2.16. The van der Waals surface area contributed by atoms with E-state index in [1.807, 2.05) is 32.0 Å². The molecule has 1 rings (SSSR count). The Labute approximate surface area is 86.2 Å². The number of hydrogen-bond donors (Lipinski definition) is 0. The molecule has 0 saturated heterocycles. The maximum atomic E-state index is 5.16. The predicted octanol–water partition coefficient (Wildman–Crippen LogP) is 1.58. The molecule has 74 valence electrons. The quantitative estimate of drug-likeness (QED) is 0.724. The highest BCUT2D eigenvalue weighted by molar-refractivity contribution is 7.59. The normalized spacial score (nSPS) is 8.92. The van der Waals surface area contributed by atoms with E-state index < -0.39 is 0 Å². The molecular weight excluding hydrogens is 184 g/mol. The van der Waals surface area contributed by atoms with E-state index in [0.29, 0.717) is 0 Å². The van der Waals surface area contributed by atoms with Gasteiger partial charge in [0.05, 0.1) is 19.0 Å². The van der Waals surface area contributed by atoms with Crippen LogP contribution in [-0.4, -0.2) is 26.2 Å². The molecule has 0 aliphatic carbocycles. The molecule has 13 heavy (non-hydrogen) atoms. The van der Waals surface area contributed by atoms with Gasteiger partial charge in [-0.25, -0.2) is 0 Å². The zero-order chi connectivity index (χ0) is 9.14. The average Bonchev–Trinajstić information content (AvgIpc) is 2.04. The Morgan fingerprint density at radius 1 is 1.38 bits per heavy atom. The molecule has 0 unspecified atom stereocenters. The fourth-order valence-corrected chi connectivity index (χ4v) is 1.04. The van der Waals surface area contributed by atoms with Crippen LogP contribution in [0.2, 0.25) is 0 Å². The molecule has 1 aromatic rings. The first-order valence-electron chi connectivity index (χ1n) is 3.83. The van der Waals surface area contributed by atoms with Crippen molar-refractivity contribution in [2.75, 3.05) is 26.1 Å². The molecule has 1 aromatic heterocycles. The molecule has 4 heteroatoms. The number of anilines is 1. The first kappa shape index (κ1) is 12.1. The SMILES string of the molecule is COc1cnc(C)cc1N(C)C.S. The van der Waals surface area contributed by atoms with Crippen LogP contribution in [0.25, 0.3) is 0 Å². The number of nitrogens with zero attached hydrogens (tertiary/aromatic N) is 2. The molecule has 1 heterocycles. The maximum Gasteiger partial charge on any atom is 0.160 e. The second-order valence-electron chi connectivity index (χ2n) is 2.89. The number of aryl methyl sites for hydroxylation is 1. The van der Waals surface area contributed by atoms with Crippen molar-refractivity contribution < 1.29 is 4.74 Å². The molecule has 0 aliphatic rings. The van der Waals surface area contributed by atoms with Crippen LogP contribution in [0.4, 0.5) is 5.69 Å². The van der Waals surface area contributed by atoms with Gasteiger partial charge in [-0.2, -0.15) is 13.5 Å². The second-order valence-corrected chi connectivity index (χ2v) is 2.89. The fourth-order valence-electron chi connectivity index (χ4n) is 1.04.